The summed E-state index contributed by atoms with van der Waals surface area (Å²) >= 11 is 0. The second kappa shape index (κ2) is 16.0. The number of methoxy groups -OCH3 is 3. The van der Waals surface area contributed by atoms with Crippen LogP contribution in [0.1, 0.15) is 25.0 Å². The summed E-state index contributed by atoms with van der Waals surface area (Å²) in [4.78, 5) is 29.9. The Labute approximate surface area is 276 Å². The molecule has 11 heteroatoms. The molecule has 1 atom stereocenters. The summed E-state index contributed by atoms with van der Waals surface area (Å²) in [6, 6.07) is 27.9. The smallest absolute Gasteiger partial charge is 0.264 e. The van der Waals surface area contributed by atoms with Crippen LogP contribution in [0, 0.1) is 0 Å². The van der Waals surface area contributed by atoms with Crippen LogP contribution >= 0.6 is 0 Å². The third-order valence-corrected chi connectivity index (χ3v) is 9.24. The number of rotatable bonds is 15. The number of nitrogens with one attached hydrogen (secondary N) is 1. The lowest BCUT2D eigenvalue weighted by Crippen LogP contribution is -2.54. The zero-order valence-electron chi connectivity index (χ0n) is 27.3. The number of anilines is 1. The molecular formula is C36H41N3O7S. The van der Waals surface area contributed by atoms with Gasteiger partial charge in [-0.15, -0.1) is 0 Å². The van der Waals surface area contributed by atoms with Gasteiger partial charge in [-0.05, 0) is 61.4 Å². The molecule has 0 heterocycles. The molecular weight excluding hydrogens is 618 g/mol. The maximum absolute atomic E-state index is 14.6. The minimum Gasteiger partial charge on any atom is -0.497 e. The van der Waals surface area contributed by atoms with Crippen molar-refractivity contribution in [2.24, 2.45) is 0 Å². The van der Waals surface area contributed by atoms with Crippen molar-refractivity contribution in [3.05, 3.63) is 114 Å². The maximum atomic E-state index is 14.6. The average Bonchev–Trinajstić information content (AvgIpc) is 3.08. The van der Waals surface area contributed by atoms with Crippen LogP contribution in [-0.4, -0.2) is 65.1 Å². The first-order chi connectivity index (χ1) is 22.6. The highest BCUT2D eigenvalue weighted by Gasteiger charge is 2.35. The van der Waals surface area contributed by atoms with Crippen LogP contribution in [-0.2, 0) is 32.6 Å². The molecule has 4 rings (SSSR count). The molecule has 10 nitrogen and oxygen atoms in total. The van der Waals surface area contributed by atoms with Gasteiger partial charge >= 0.3 is 0 Å². The topological polar surface area (TPSA) is 114 Å². The fraction of sp³-hybridized carbons (Fsp3) is 0.278. The summed E-state index contributed by atoms with van der Waals surface area (Å²) in [6.45, 7) is 3.11. The highest BCUT2D eigenvalue weighted by atomic mass is 32.2. The van der Waals surface area contributed by atoms with Gasteiger partial charge in [-0.1, -0.05) is 60.7 Å². The Balaban J connectivity index is 1.84. The number of amides is 2. The molecule has 0 fully saturated rings. The lowest BCUT2D eigenvalue weighted by Gasteiger charge is -2.34. The van der Waals surface area contributed by atoms with Crippen molar-refractivity contribution in [2.45, 2.75) is 43.8 Å². The van der Waals surface area contributed by atoms with Gasteiger partial charge in [0.2, 0.25) is 11.8 Å². The van der Waals surface area contributed by atoms with Gasteiger partial charge in [0.25, 0.3) is 10.0 Å². The van der Waals surface area contributed by atoms with Gasteiger partial charge in [-0.25, -0.2) is 8.42 Å². The number of nitrogens with zero attached hydrogens (tertiary/aromatic N) is 2. The monoisotopic (exact) mass is 659 g/mol. The van der Waals surface area contributed by atoms with E-state index < -0.39 is 28.5 Å². The molecule has 0 spiro atoms. The van der Waals surface area contributed by atoms with E-state index in [2.05, 4.69) is 5.32 Å². The highest BCUT2D eigenvalue weighted by molar-refractivity contribution is 7.92. The van der Waals surface area contributed by atoms with Crippen LogP contribution in [0.5, 0.6) is 17.2 Å². The van der Waals surface area contributed by atoms with Gasteiger partial charge in [0.05, 0.1) is 31.9 Å². The van der Waals surface area contributed by atoms with Gasteiger partial charge < -0.3 is 24.4 Å². The van der Waals surface area contributed by atoms with Crippen molar-refractivity contribution in [3.63, 3.8) is 0 Å². The van der Waals surface area contributed by atoms with Gasteiger partial charge in [0, 0.05) is 25.1 Å². The van der Waals surface area contributed by atoms with E-state index in [-0.39, 0.29) is 41.2 Å². The quantitative estimate of drug-likeness (QED) is 0.190. The Hall–Kier alpha value is -5.03. The summed E-state index contributed by atoms with van der Waals surface area (Å²) in [5.41, 5.74) is 1.73. The SMILES string of the molecule is COc1cccc(CN(C(=O)CN(c2ccc(OC)c(OC)c2)S(=O)(=O)c2ccccc2)C(Cc2ccccc2)C(=O)NC(C)C)c1. The van der Waals surface area contributed by atoms with E-state index in [9.17, 15) is 18.0 Å². The van der Waals surface area contributed by atoms with Crippen LogP contribution < -0.4 is 23.8 Å². The molecule has 4 aromatic carbocycles. The molecule has 0 aliphatic heterocycles. The second-order valence-electron chi connectivity index (χ2n) is 11.1. The number of carbonyl (C=O) groups is 2. The summed E-state index contributed by atoms with van der Waals surface area (Å²) < 4.78 is 45.7. The number of sulfonamides is 1. The number of ether oxygens (including phenoxy) is 3. The largest absolute Gasteiger partial charge is 0.497 e. The van der Waals surface area contributed by atoms with Crippen molar-refractivity contribution in [3.8, 4) is 17.2 Å². The van der Waals surface area contributed by atoms with Crippen molar-refractivity contribution >= 4 is 27.5 Å². The molecule has 47 heavy (non-hydrogen) atoms. The van der Waals surface area contributed by atoms with Crippen molar-refractivity contribution in [1.29, 1.82) is 0 Å². The first-order valence-corrected chi connectivity index (χ1v) is 16.6. The molecule has 0 aliphatic carbocycles. The molecule has 0 aliphatic rings. The molecule has 0 radical (unpaired) electrons. The fourth-order valence-corrected chi connectivity index (χ4v) is 6.56. The number of carbonyl (C=O) groups excluding carboxylic acids is 2. The predicted molar refractivity (Wildman–Crippen MR) is 181 cm³/mol. The van der Waals surface area contributed by atoms with Crippen molar-refractivity contribution in [2.75, 3.05) is 32.2 Å². The highest BCUT2D eigenvalue weighted by Crippen LogP contribution is 2.34. The van der Waals surface area contributed by atoms with Crippen LogP contribution in [0.3, 0.4) is 0 Å². The van der Waals surface area contributed by atoms with Crippen molar-refractivity contribution < 1.29 is 32.2 Å². The summed E-state index contributed by atoms with van der Waals surface area (Å²) in [5.74, 6) is 0.329. The average molecular weight is 660 g/mol. The molecule has 2 amide bonds. The molecule has 248 valence electrons. The molecule has 1 unspecified atom stereocenters. The van der Waals surface area contributed by atoms with E-state index in [0.29, 0.717) is 17.1 Å². The van der Waals surface area contributed by atoms with E-state index in [1.807, 2.05) is 50.2 Å². The van der Waals surface area contributed by atoms with E-state index in [4.69, 9.17) is 14.2 Å². The van der Waals surface area contributed by atoms with E-state index >= 15 is 0 Å². The third-order valence-electron chi connectivity index (χ3n) is 7.45. The Bertz CT molecular complexity index is 1750. The third kappa shape index (κ3) is 8.82. The Morgan fingerprint density at radius 1 is 0.745 bits per heavy atom. The maximum Gasteiger partial charge on any atom is 0.264 e. The Morgan fingerprint density at radius 3 is 2.00 bits per heavy atom. The van der Waals surface area contributed by atoms with Gasteiger partial charge in [-0.3, -0.25) is 13.9 Å². The van der Waals surface area contributed by atoms with Crippen LogP contribution in [0.25, 0.3) is 0 Å². The summed E-state index contributed by atoms with van der Waals surface area (Å²) in [6.07, 6.45) is 0.205. The normalized spacial score (nSPS) is 11.8. The molecule has 0 aromatic heterocycles. The van der Waals surface area contributed by atoms with Crippen LogP contribution in [0.4, 0.5) is 5.69 Å². The van der Waals surface area contributed by atoms with Crippen LogP contribution in [0.15, 0.2) is 108 Å². The lowest BCUT2D eigenvalue weighted by atomic mass is 10.0. The fourth-order valence-electron chi connectivity index (χ4n) is 5.13. The van der Waals surface area contributed by atoms with E-state index in [1.165, 1.54) is 37.3 Å². The molecule has 1 N–H and O–H groups in total. The summed E-state index contributed by atoms with van der Waals surface area (Å²) in [7, 11) is 0.204. The zero-order valence-corrected chi connectivity index (χ0v) is 28.1. The predicted octanol–water partition coefficient (Wildman–Crippen LogP) is 5.07. The number of hydrogen-bond acceptors (Lipinski definition) is 7. The zero-order chi connectivity index (χ0) is 34.0. The first-order valence-electron chi connectivity index (χ1n) is 15.1. The van der Waals surface area contributed by atoms with E-state index in [0.717, 1.165) is 9.87 Å². The Kier molecular flexibility index (Phi) is 11.9. The second-order valence-corrected chi connectivity index (χ2v) is 13.0. The lowest BCUT2D eigenvalue weighted by molar-refractivity contribution is -0.140. The molecule has 0 bridgehead atoms. The Morgan fingerprint density at radius 2 is 1.38 bits per heavy atom. The van der Waals surface area contributed by atoms with Gasteiger partial charge in [-0.2, -0.15) is 0 Å². The minimum absolute atomic E-state index is 0.000294. The molecule has 0 saturated carbocycles. The van der Waals surface area contributed by atoms with Gasteiger partial charge in [0.15, 0.2) is 11.5 Å². The number of benzene rings is 4. The van der Waals surface area contributed by atoms with Crippen molar-refractivity contribution in [1.82, 2.24) is 10.2 Å². The van der Waals surface area contributed by atoms with Gasteiger partial charge in [0.1, 0.15) is 18.3 Å². The molecule has 4 aromatic rings. The minimum atomic E-state index is -4.27. The molecule has 0 saturated heterocycles. The summed E-state index contributed by atoms with van der Waals surface area (Å²) in [5, 5.41) is 2.96. The number of hydrogen-bond donors (Lipinski definition) is 1. The standard InChI is InChI=1S/C36H41N3O7S/c1-26(2)37-36(41)32(22-27-13-8-6-9-14-27)38(24-28-15-12-16-30(21-28)44-3)35(40)25-39(47(42,43)31-17-10-7-11-18-31)29-19-20-33(45-4)34(23-29)46-5/h6-21,23,26,32H,22,24-25H2,1-5H3,(H,37,41). The first kappa shape index (κ1) is 34.8. The van der Waals surface area contributed by atoms with Crippen LogP contribution in [0.2, 0.25) is 0 Å². The van der Waals surface area contributed by atoms with E-state index in [1.54, 1.807) is 55.6 Å².